The smallest absolute Gasteiger partial charge is 0.164 e. The first kappa shape index (κ1) is 9.09. The summed E-state index contributed by atoms with van der Waals surface area (Å²) in [5.41, 5.74) is 1.13. The summed E-state index contributed by atoms with van der Waals surface area (Å²) < 4.78 is 10.5. The van der Waals surface area contributed by atoms with E-state index in [1.165, 1.54) is 12.5 Å². The molecule has 14 heavy (non-hydrogen) atoms. The van der Waals surface area contributed by atoms with Gasteiger partial charge in [0.15, 0.2) is 11.5 Å². The summed E-state index contributed by atoms with van der Waals surface area (Å²) >= 11 is 0. The summed E-state index contributed by atoms with van der Waals surface area (Å²) in [5, 5.41) is 8.76. The lowest BCUT2D eigenvalue weighted by atomic mass is 10.0. The summed E-state index contributed by atoms with van der Waals surface area (Å²) in [6, 6.07) is 0. The van der Waals surface area contributed by atoms with Gasteiger partial charge >= 0.3 is 0 Å². The van der Waals surface area contributed by atoms with Gasteiger partial charge in [0.2, 0.25) is 0 Å². The molecule has 0 aromatic carbocycles. The molecule has 0 fully saturated rings. The molecule has 0 radical (unpaired) electrons. The maximum absolute atomic E-state index is 8.76. The summed E-state index contributed by atoms with van der Waals surface area (Å²) in [5.74, 6) is 1.16. The van der Waals surface area contributed by atoms with E-state index in [-0.39, 0.29) is 6.61 Å². The van der Waals surface area contributed by atoms with Crippen LogP contribution >= 0.6 is 0 Å². The fourth-order valence-corrected chi connectivity index (χ4v) is 1.35. The molecule has 0 aromatic heterocycles. The van der Waals surface area contributed by atoms with E-state index in [2.05, 4.69) is 6.08 Å². The van der Waals surface area contributed by atoms with Crippen LogP contribution in [0.3, 0.4) is 0 Å². The van der Waals surface area contributed by atoms with Gasteiger partial charge in [-0.25, -0.2) is 0 Å². The minimum Gasteiger partial charge on any atom is -0.460 e. The molecule has 1 N–H and O–H groups in total. The van der Waals surface area contributed by atoms with Crippen LogP contribution in [0.15, 0.2) is 47.8 Å². The zero-order valence-corrected chi connectivity index (χ0v) is 7.77. The van der Waals surface area contributed by atoms with Gasteiger partial charge in [0.25, 0.3) is 0 Å². The Bertz CT molecular complexity index is 334. The molecular formula is C11H12O3. The van der Waals surface area contributed by atoms with Crippen LogP contribution in [0.4, 0.5) is 0 Å². The minimum absolute atomic E-state index is 0.136. The molecule has 2 rings (SSSR count). The number of ether oxygens (including phenoxy) is 2. The lowest BCUT2D eigenvalue weighted by Gasteiger charge is -2.16. The van der Waals surface area contributed by atoms with Gasteiger partial charge in [0.05, 0.1) is 0 Å². The van der Waals surface area contributed by atoms with Gasteiger partial charge in [-0.1, -0.05) is 18.2 Å². The molecule has 3 nitrogen and oxygen atoms in total. The number of rotatable bonds is 2. The Morgan fingerprint density at radius 3 is 2.79 bits per heavy atom. The van der Waals surface area contributed by atoms with Crippen molar-refractivity contribution >= 4 is 0 Å². The molecule has 1 aliphatic carbocycles. The maximum atomic E-state index is 8.76. The van der Waals surface area contributed by atoms with Crippen molar-refractivity contribution in [2.45, 2.75) is 12.8 Å². The molecular weight excluding hydrogens is 180 g/mol. The van der Waals surface area contributed by atoms with Crippen molar-refractivity contribution in [3.05, 3.63) is 47.8 Å². The van der Waals surface area contributed by atoms with Gasteiger partial charge in [0, 0.05) is 0 Å². The van der Waals surface area contributed by atoms with Gasteiger partial charge in [-0.3, -0.25) is 0 Å². The highest BCUT2D eigenvalue weighted by Crippen LogP contribution is 2.24. The second kappa shape index (κ2) is 4.15. The average Bonchev–Trinajstić information content (AvgIpc) is 2.30. The molecule has 0 saturated carbocycles. The number of hydrogen-bond acceptors (Lipinski definition) is 3. The van der Waals surface area contributed by atoms with E-state index >= 15 is 0 Å². The third kappa shape index (κ3) is 1.88. The highest BCUT2D eigenvalue weighted by molar-refractivity contribution is 5.32. The molecule has 0 saturated heterocycles. The van der Waals surface area contributed by atoms with Crippen molar-refractivity contribution in [2.24, 2.45) is 0 Å². The monoisotopic (exact) mass is 192 g/mol. The highest BCUT2D eigenvalue weighted by Gasteiger charge is 2.12. The Labute approximate surface area is 82.6 Å². The fraction of sp³-hybridized carbons (Fsp3) is 0.273. The SMILES string of the molecule is OCC1=COC(C2=CC=CCC2)=CO1. The molecule has 2 aliphatic rings. The van der Waals surface area contributed by atoms with Gasteiger partial charge in [-0.05, 0) is 18.4 Å². The second-order valence-corrected chi connectivity index (χ2v) is 3.12. The molecule has 0 bridgehead atoms. The van der Waals surface area contributed by atoms with E-state index in [1.807, 2.05) is 12.2 Å². The molecule has 0 atom stereocenters. The normalized spacial score (nSPS) is 20.2. The van der Waals surface area contributed by atoms with Gasteiger partial charge < -0.3 is 14.6 Å². The Balaban J connectivity index is 2.04. The summed E-state index contributed by atoms with van der Waals surface area (Å²) in [6.45, 7) is -0.136. The Morgan fingerprint density at radius 2 is 2.21 bits per heavy atom. The van der Waals surface area contributed by atoms with E-state index in [0.29, 0.717) is 5.76 Å². The standard InChI is InChI=1S/C11H12O3/c12-6-10-7-14-11(8-13-10)9-4-2-1-3-5-9/h1-2,4,7-8,12H,3,5-6H2. The minimum atomic E-state index is -0.136. The van der Waals surface area contributed by atoms with Crippen molar-refractivity contribution in [2.75, 3.05) is 6.61 Å². The van der Waals surface area contributed by atoms with E-state index in [9.17, 15) is 0 Å². The fourth-order valence-electron chi connectivity index (χ4n) is 1.35. The van der Waals surface area contributed by atoms with Crippen LogP contribution in [0.1, 0.15) is 12.8 Å². The number of aliphatic hydroxyl groups excluding tert-OH is 1. The predicted molar refractivity (Wildman–Crippen MR) is 51.9 cm³/mol. The maximum Gasteiger partial charge on any atom is 0.164 e. The van der Waals surface area contributed by atoms with Crippen LogP contribution in [0.5, 0.6) is 0 Å². The highest BCUT2D eigenvalue weighted by atomic mass is 16.5. The van der Waals surface area contributed by atoms with Crippen molar-refractivity contribution in [1.29, 1.82) is 0 Å². The van der Waals surface area contributed by atoms with Crippen LogP contribution in [0, 0.1) is 0 Å². The zero-order chi connectivity index (χ0) is 9.80. The van der Waals surface area contributed by atoms with E-state index < -0.39 is 0 Å². The third-order valence-electron chi connectivity index (χ3n) is 2.12. The summed E-state index contributed by atoms with van der Waals surface area (Å²) in [4.78, 5) is 0. The first-order valence-electron chi connectivity index (χ1n) is 4.59. The zero-order valence-electron chi connectivity index (χ0n) is 7.77. The molecule has 1 heterocycles. The molecule has 0 aromatic rings. The van der Waals surface area contributed by atoms with Crippen molar-refractivity contribution in [3.8, 4) is 0 Å². The number of allylic oxidation sites excluding steroid dienone is 4. The van der Waals surface area contributed by atoms with E-state index in [4.69, 9.17) is 14.6 Å². The van der Waals surface area contributed by atoms with E-state index in [0.717, 1.165) is 24.2 Å². The van der Waals surface area contributed by atoms with Crippen LogP contribution in [-0.2, 0) is 9.47 Å². The Morgan fingerprint density at radius 1 is 1.29 bits per heavy atom. The van der Waals surface area contributed by atoms with Gasteiger partial charge in [0.1, 0.15) is 19.1 Å². The molecule has 0 spiro atoms. The molecule has 0 unspecified atom stereocenters. The molecule has 74 valence electrons. The number of aliphatic hydroxyl groups is 1. The second-order valence-electron chi connectivity index (χ2n) is 3.12. The Kier molecular flexibility index (Phi) is 2.70. The van der Waals surface area contributed by atoms with Crippen LogP contribution in [-0.4, -0.2) is 11.7 Å². The van der Waals surface area contributed by atoms with E-state index in [1.54, 1.807) is 0 Å². The van der Waals surface area contributed by atoms with Crippen LogP contribution in [0.2, 0.25) is 0 Å². The average molecular weight is 192 g/mol. The third-order valence-corrected chi connectivity index (χ3v) is 2.12. The number of hydrogen-bond donors (Lipinski definition) is 1. The van der Waals surface area contributed by atoms with Crippen molar-refractivity contribution in [3.63, 3.8) is 0 Å². The largest absolute Gasteiger partial charge is 0.460 e. The first-order valence-corrected chi connectivity index (χ1v) is 4.59. The lowest BCUT2D eigenvalue weighted by Crippen LogP contribution is -2.04. The molecule has 1 aliphatic heterocycles. The molecule has 3 heteroatoms. The molecule has 0 amide bonds. The predicted octanol–water partition coefficient (Wildman–Crippen LogP) is 1.98. The first-order chi connectivity index (χ1) is 6.90. The summed E-state index contributed by atoms with van der Waals surface area (Å²) in [6.07, 6.45) is 11.1. The van der Waals surface area contributed by atoms with Crippen molar-refractivity contribution < 1.29 is 14.6 Å². The van der Waals surface area contributed by atoms with Crippen LogP contribution < -0.4 is 0 Å². The van der Waals surface area contributed by atoms with Crippen LogP contribution in [0.25, 0.3) is 0 Å². The Hall–Kier alpha value is -1.48. The topological polar surface area (TPSA) is 38.7 Å². The van der Waals surface area contributed by atoms with Gasteiger partial charge in [-0.15, -0.1) is 0 Å². The van der Waals surface area contributed by atoms with Gasteiger partial charge in [-0.2, -0.15) is 0 Å². The van der Waals surface area contributed by atoms with Crippen molar-refractivity contribution in [1.82, 2.24) is 0 Å². The quantitative estimate of drug-likeness (QED) is 0.727. The summed E-state index contributed by atoms with van der Waals surface area (Å²) in [7, 11) is 0. The lowest BCUT2D eigenvalue weighted by molar-refractivity contribution is 0.182.